The van der Waals surface area contributed by atoms with Crippen LogP contribution in [-0.2, 0) is 100.0 Å². The normalized spacial score (nSPS) is 44.2. The second-order valence-electron chi connectivity index (χ2n) is 29.5. The lowest BCUT2D eigenvalue weighted by molar-refractivity contribution is -0.395. The summed E-state index contributed by atoms with van der Waals surface area (Å²) < 4.78 is 83.7. The van der Waals surface area contributed by atoms with Crippen LogP contribution < -0.4 is 26.6 Å². The summed E-state index contributed by atoms with van der Waals surface area (Å²) in [6.45, 7) is -5.88. The smallest absolute Gasteiger partial charge is 0.315 e. The van der Waals surface area contributed by atoms with E-state index in [2.05, 4.69) is 26.6 Å². The molecule has 21 unspecified atom stereocenters. The standard InChI is InChI=1S/C71H99N5O39/c1-24-2-4-25(5-3-24)15-31-62(99)74-30(14-26-6-10-28(82)11-7-26)61(98)72-17-33-54-40(84)47(91)64(102-33)111-56-35(19-77)106-68(51(95)44(56)88)113-59-38(22-80)105-67(50(94)43(59)87)110-55-34(18-73-71(101)76-32(63(100)75-31)16-27-8-12-29(83)13-9-27)103-65(48(92)41(55)85)112-57-36(20-78)107-69(52(96)45(57)89)115-60-39(23-81)108-70(53(97)46(60)90)114-58-37(21-79)104-66(109-54)49(93)42(58)86/h2-13,30-60,64-70,77-97H,14-23H2,1H3,(H,72,98)(H,74,99)(H,75,100)(H2,73,76,101)/t30-,31-,32-,33?,34?,35?,36?,37?,38?,39?,40?,41?,42?,43?,44?,45?,46?,47?,48?,49?,50?,51?,52?,53?,54+,55+,56+,57+,58+,59+,60+,64+,65+,66+,67+,68+,69+,70+/m0/s1. The van der Waals surface area contributed by atoms with Gasteiger partial charge in [-0.2, -0.15) is 0 Å². The maximum Gasteiger partial charge on any atom is 0.315 e. The lowest BCUT2D eigenvalue weighted by Crippen LogP contribution is -2.69. The molecule has 44 heteroatoms. The number of hydrogen-bond donors (Lipinski definition) is 26. The Balaban J connectivity index is 0.975. The van der Waals surface area contributed by atoms with E-state index in [1.807, 2.05) is 0 Å². The predicted octanol–water partition coefficient (Wildman–Crippen LogP) is -13.0. The van der Waals surface area contributed by atoms with Gasteiger partial charge in [-0.05, 0) is 47.9 Å². The van der Waals surface area contributed by atoms with Gasteiger partial charge in [-0.3, -0.25) is 14.4 Å². The monoisotopic (exact) mass is 1650 g/mol. The molecule has 642 valence electrons. The van der Waals surface area contributed by atoms with Crippen LogP contribution in [0.2, 0.25) is 0 Å². The number of carbonyl (C=O) groups is 4. The third kappa shape index (κ3) is 19.6. The van der Waals surface area contributed by atoms with Gasteiger partial charge in [-0.25, -0.2) is 4.79 Å². The highest BCUT2D eigenvalue weighted by Gasteiger charge is 2.60. The molecular weight excluding hydrogens is 1550 g/mol. The van der Waals surface area contributed by atoms with Gasteiger partial charge in [0.25, 0.3) is 0 Å². The van der Waals surface area contributed by atoms with Crippen LogP contribution in [0.25, 0.3) is 0 Å². The van der Waals surface area contributed by atoms with E-state index < -0.39 is 316 Å². The van der Waals surface area contributed by atoms with Crippen LogP contribution >= 0.6 is 0 Å². The minimum Gasteiger partial charge on any atom is -0.508 e. The number of aliphatic hydroxyl groups is 19. The first-order valence-corrected chi connectivity index (χ1v) is 37.2. The van der Waals surface area contributed by atoms with Crippen LogP contribution in [-0.4, -0.2) is 410 Å². The van der Waals surface area contributed by atoms with Crippen molar-refractivity contribution in [2.75, 3.05) is 46.1 Å². The Morgan fingerprint density at radius 3 is 0.809 bits per heavy atom. The summed E-state index contributed by atoms with van der Waals surface area (Å²) in [6.07, 6.45) is -77.6. The number of urea groups is 1. The largest absolute Gasteiger partial charge is 0.508 e. The molecule has 22 heterocycles. The van der Waals surface area contributed by atoms with Crippen molar-refractivity contribution in [3.05, 3.63) is 95.1 Å². The number of rotatable bonds is 11. The maximum absolute atomic E-state index is 15.3. The van der Waals surface area contributed by atoms with Gasteiger partial charge in [0.1, 0.15) is 201 Å². The number of fused-ring (bicyclic) bond motifs is 2. The number of hydrogen-bond acceptors (Lipinski definition) is 39. The van der Waals surface area contributed by atoms with Crippen molar-refractivity contribution >= 4 is 23.8 Å². The maximum atomic E-state index is 15.3. The number of ether oxygens (including phenoxy) is 14. The van der Waals surface area contributed by atoms with E-state index in [1.54, 1.807) is 31.2 Å². The first-order chi connectivity index (χ1) is 54.9. The van der Waals surface area contributed by atoms with Gasteiger partial charge >= 0.3 is 6.03 Å². The van der Waals surface area contributed by atoms with Crippen LogP contribution in [0.15, 0.2) is 72.8 Å². The molecule has 26 N–H and O–H groups in total. The molecule has 22 aliphatic rings. The van der Waals surface area contributed by atoms with Gasteiger partial charge in [0.05, 0.1) is 33.0 Å². The molecule has 0 radical (unpaired) electrons. The lowest BCUT2D eigenvalue weighted by atomic mass is 9.95. The number of aryl methyl sites for hydroxylation is 1. The number of phenolic OH excluding ortho intramolecular Hbond substituents is 2. The highest BCUT2D eigenvalue weighted by molar-refractivity contribution is 5.94. The number of nitrogens with one attached hydrogen (secondary N) is 5. The predicted molar refractivity (Wildman–Crippen MR) is 370 cm³/mol. The molecule has 5 amide bonds. The fourth-order valence-corrected chi connectivity index (χ4v) is 15.0. The average molecular weight is 1650 g/mol. The topological polar surface area (TPSA) is 682 Å². The van der Waals surface area contributed by atoms with E-state index in [-0.39, 0.29) is 29.0 Å². The Morgan fingerprint density at radius 2 is 0.522 bits per heavy atom. The number of aromatic hydroxyl groups is 2. The highest BCUT2D eigenvalue weighted by atomic mass is 16.8. The summed E-state index contributed by atoms with van der Waals surface area (Å²) in [6, 6.07) is 10.8. The number of benzene rings is 3. The van der Waals surface area contributed by atoms with Crippen molar-refractivity contribution < 1.29 is 193 Å². The van der Waals surface area contributed by atoms with Crippen LogP contribution in [0.4, 0.5) is 4.79 Å². The molecule has 0 aliphatic carbocycles. The lowest BCUT2D eigenvalue weighted by Gasteiger charge is -2.50. The van der Waals surface area contributed by atoms with Crippen molar-refractivity contribution in [1.29, 1.82) is 0 Å². The molecule has 0 spiro atoms. The van der Waals surface area contributed by atoms with E-state index in [1.165, 1.54) is 48.5 Å². The molecule has 3 aromatic rings. The van der Waals surface area contributed by atoms with Gasteiger partial charge in [-0.15, -0.1) is 0 Å². The van der Waals surface area contributed by atoms with Gasteiger partial charge in [0.15, 0.2) is 44.0 Å². The molecule has 0 saturated carbocycles. The summed E-state index contributed by atoms with van der Waals surface area (Å²) in [5, 5.41) is 254. The van der Waals surface area contributed by atoms with Gasteiger partial charge < -0.3 is 200 Å². The fourth-order valence-electron chi connectivity index (χ4n) is 15.0. The van der Waals surface area contributed by atoms with E-state index in [4.69, 9.17) is 66.3 Å². The van der Waals surface area contributed by atoms with E-state index >= 15 is 14.4 Å². The van der Waals surface area contributed by atoms with Crippen molar-refractivity contribution in [2.45, 2.75) is 259 Å². The number of phenols is 2. The first-order valence-electron chi connectivity index (χ1n) is 37.2. The Kier molecular flexibility index (Phi) is 29.3. The van der Waals surface area contributed by atoms with Gasteiger partial charge in [0, 0.05) is 32.4 Å². The number of aliphatic hydroxyl groups excluding tert-OH is 19. The fraction of sp³-hybridized carbons (Fsp3) is 0.690. The van der Waals surface area contributed by atoms with Crippen LogP contribution in [0, 0.1) is 6.92 Å². The summed E-state index contributed by atoms with van der Waals surface area (Å²) in [5.41, 5.74) is 1.77. The van der Waals surface area contributed by atoms with Crippen LogP contribution in [0.1, 0.15) is 22.3 Å². The third-order valence-electron chi connectivity index (χ3n) is 21.6. The molecule has 38 atom stereocenters. The average Bonchev–Trinajstić information content (AvgIpc) is 0.814. The minimum absolute atomic E-state index is 0.210. The number of carbonyl (C=O) groups excluding carboxylic acids is 4. The molecule has 22 saturated heterocycles. The minimum atomic E-state index is -2.42. The molecule has 16 bridgehead atoms. The molecule has 0 aromatic heterocycles. The van der Waals surface area contributed by atoms with E-state index in [0.29, 0.717) is 5.56 Å². The van der Waals surface area contributed by atoms with Gasteiger partial charge in [-0.1, -0.05) is 54.1 Å². The molecule has 22 aliphatic heterocycles. The Bertz CT molecular complexity index is 3660. The SMILES string of the molecule is Cc1ccc(C[C@@H]2NC(=O)[C@H](Cc3ccc(O)cc3)NC(=O)NCC3O[C@@H]4O[C@@H]5C(CO)O[C@H](O[C@@H]6C(CO)O[C@H](O[C@@H]7C(CO)O[C@H](O[C@@H]8C(CNC(=O)[C@H](Cc9ccc(O)cc9)NC2=O)O[C@H](O[C@@H]2C(CO)O[C@H](O[C@@H]9C(CO)O[C@H](O[C@H]3C(O)C4O)C(O)C9O)C(O)C2O)C(O)C8O)C(O)C7O)C(O)C6O)C(O)C5O)cc1. The van der Waals surface area contributed by atoms with Crippen LogP contribution in [0.5, 0.6) is 11.5 Å². The Labute approximate surface area is 652 Å². The Morgan fingerprint density at radius 1 is 0.287 bits per heavy atom. The molecule has 3 aromatic carbocycles. The molecule has 25 rings (SSSR count). The number of amides is 5. The first kappa shape index (κ1) is 87.9. The second-order valence-corrected chi connectivity index (χ2v) is 29.5. The summed E-state index contributed by atoms with van der Waals surface area (Å²) in [5.74, 6) is -3.69. The Hall–Kier alpha value is -6.38. The zero-order valence-electron chi connectivity index (χ0n) is 61.2. The van der Waals surface area contributed by atoms with Crippen molar-refractivity contribution in [2.24, 2.45) is 0 Å². The quantitative estimate of drug-likeness (QED) is 0.0848. The zero-order chi connectivity index (χ0) is 82.7. The van der Waals surface area contributed by atoms with E-state index in [9.17, 15) is 112 Å². The van der Waals surface area contributed by atoms with Crippen molar-refractivity contribution in [3.8, 4) is 11.5 Å². The summed E-state index contributed by atoms with van der Waals surface area (Å²) in [7, 11) is 0. The van der Waals surface area contributed by atoms with Crippen molar-refractivity contribution in [1.82, 2.24) is 26.6 Å². The molecular formula is C71H99N5O39. The summed E-state index contributed by atoms with van der Waals surface area (Å²) >= 11 is 0. The molecule has 115 heavy (non-hydrogen) atoms. The highest BCUT2D eigenvalue weighted by Crippen LogP contribution is 2.40. The van der Waals surface area contributed by atoms with Crippen LogP contribution in [0.3, 0.4) is 0 Å². The van der Waals surface area contributed by atoms with Gasteiger partial charge in [0.2, 0.25) is 17.7 Å². The molecule has 44 nitrogen and oxygen atoms in total. The van der Waals surface area contributed by atoms with Crippen molar-refractivity contribution in [3.63, 3.8) is 0 Å². The molecule has 22 fully saturated rings. The summed E-state index contributed by atoms with van der Waals surface area (Å²) in [4.78, 5) is 60.4. The van der Waals surface area contributed by atoms with E-state index in [0.717, 1.165) is 5.56 Å². The second kappa shape index (κ2) is 38.3. The third-order valence-corrected chi connectivity index (χ3v) is 21.6. The zero-order valence-corrected chi connectivity index (χ0v) is 61.2.